The molecule has 0 amide bonds. The second-order valence-electron chi connectivity index (χ2n) is 5.75. The molecule has 88 valence electrons. The number of likely N-dealkylation sites (tertiary alicyclic amines) is 1. The summed E-state index contributed by atoms with van der Waals surface area (Å²) in [4.78, 5) is 2.56. The molecule has 0 aromatic rings. The van der Waals surface area contributed by atoms with E-state index in [9.17, 15) is 0 Å². The van der Waals surface area contributed by atoms with Crippen LogP contribution >= 0.6 is 0 Å². The van der Waals surface area contributed by atoms with Crippen LogP contribution in [0.5, 0.6) is 0 Å². The molecule has 1 aliphatic carbocycles. The summed E-state index contributed by atoms with van der Waals surface area (Å²) in [6, 6.07) is 0.797. The van der Waals surface area contributed by atoms with Crippen LogP contribution in [0.3, 0.4) is 0 Å². The third-order valence-corrected chi connectivity index (χ3v) is 4.41. The second kappa shape index (κ2) is 4.84. The lowest BCUT2D eigenvalue weighted by molar-refractivity contribution is 0.135. The van der Waals surface area contributed by atoms with Gasteiger partial charge in [0.05, 0.1) is 0 Å². The molecule has 2 heteroatoms. The standard InChI is InChI=1S/C13H26N2/c1-3-15-9-5-12(6-10-15)14-11-13(2)7-4-8-13/h12,14H,3-11H2,1-2H3. The monoisotopic (exact) mass is 210 g/mol. The zero-order chi connectivity index (χ0) is 10.7. The van der Waals surface area contributed by atoms with E-state index in [2.05, 4.69) is 24.1 Å². The maximum Gasteiger partial charge on any atom is 0.00916 e. The number of hydrogen-bond acceptors (Lipinski definition) is 2. The zero-order valence-electron chi connectivity index (χ0n) is 10.4. The molecule has 2 fully saturated rings. The number of nitrogens with zero attached hydrogens (tertiary/aromatic N) is 1. The van der Waals surface area contributed by atoms with Crippen LogP contribution in [0, 0.1) is 5.41 Å². The Labute approximate surface area is 94.4 Å². The normalized spacial score (nSPS) is 27.6. The predicted molar refractivity (Wildman–Crippen MR) is 65.1 cm³/mol. The van der Waals surface area contributed by atoms with Gasteiger partial charge < -0.3 is 10.2 Å². The molecule has 1 saturated heterocycles. The van der Waals surface area contributed by atoms with Gasteiger partial charge in [0, 0.05) is 12.6 Å². The van der Waals surface area contributed by atoms with Crippen LogP contribution in [0.15, 0.2) is 0 Å². The first-order chi connectivity index (χ1) is 7.22. The molecule has 0 atom stereocenters. The van der Waals surface area contributed by atoms with Gasteiger partial charge in [0.1, 0.15) is 0 Å². The van der Waals surface area contributed by atoms with Crippen LogP contribution in [0.1, 0.15) is 46.0 Å². The first-order valence-corrected chi connectivity index (χ1v) is 6.68. The van der Waals surface area contributed by atoms with Crippen LogP contribution in [-0.2, 0) is 0 Å². The summed E-state index contributed by atoms with van der Waals surface area (Å²) in [5.74, 6) is 0. The lowest BCUT2D eigenvalue weighted by atomic mass is 9.70. The van der Waals surface area contributed by atoms with E-state index >= 15 is 0 Å². The smallest absolute Gasteiger partial charge is 0.00916 e. The van der Waals surface area contributed by atoms with Crippen molar-refractivity contribution in [1.29, 1.82) is 0 Å². The van der Waals surface area contributed by atoms with Gasteiger partial charge in [-0.1, -0.05) is 20.3 Å². The number of piperidine rings is 1. The van der Waals surface area contributed by atoms with Gasteiger partial charge >= 0.3 is 0 Å². The summed E-state index contributed by atoms with van der Waals surface area (Å²) in [6.45, 7) is 9.78. The Morgan fingerprint density at radius 3 is 2.40 bits per heavy atom. The van der Waals surface area contributed by atoms with E-state index in [0.717, 1.165) is 6.04 Å². The van der Waals surface area contributed by atoms with Gasteiger partial charge in [0.25, 0.3) is 0 Å². The Morgan fingerprint density at radius 2 is 1.93 bits per heavy atom. The molecule has 1 heterocycles. The minimum Gasteiger partial charge on any atom is -0.313 e. The van der Waals surface area contributed by atoms with Crippen molar-refractivity contribution in [3.63, 3.8) is 0 Å². The molecule has 1 saturated carbocycles. The third-order valence-electron chi connectivity index (χ3n) is 4.41. The van der Waals surface area contributed by atoms with Crippen molar-refractivity contribution in [2.75, 3.05) is 26.2 Å². The fourth-order valence-electron chi connectivity index (χ4n) is 2.80. The largest absolute Gasteiger partial charge is 0.313 e. The summed E-state index contributed by atoms with van der Waals surface area (Å²) in [5.41, 5.74) is 0.641. The van der Waals surface area contributed by atoms with E-state index in [0.29, 0.717) is 5.41 Å². The van der Waals surface area contributed by atoms with Gasteiger partial charge in [-0.2, -0.15) is 0 Å². The van der Waals surface area contributed by atoms with Gasteiger partial charge in [-0.3, -0.25) is 0 Å². The van der Waals surface area contributed by atoms with Crippen molar-refractivity contribution in [1.82, 2.24) is 10.2 Å². The van der Waals surface area contributed by atoms with E-state index < -0.39 is 0 Å². The Kier molecular flexibility index (Phi) is 3.68. The lowest BCUT2D eigenvalue weighted by Gasteiger charge is -2.41. The molecule has 15 heavy (non-hydrogen) atoms. The molecule has 2 nitrogen and oxygen atoms in total. The first-order valence-electron chi connectivity index (χ1n) is 6.68. The highest BCUT2D eigenvalue weighted by Crippen LogP contribution is 2.39. The average Bonchev–Trinajstić information content (AvgIpc) is 2.24. The zero-order valence-corrected chi connectivity index (χ0v) is 10.4. The van der Waals surface area contributed by atoms with E-state index in [-0.39, 0.29) is 0 Å². The lowest BCUT2D eigenvalue weighted by Crippen LogP contribution is -2.46. The summed E-state index contributed by atoms with van der Waals surface area (Å²) < 4.78 is 0. The van der Waals surface area contributed by atoms with Crippen molar-refractivity contribution < 1.29 is 0 Å². The van der Waals surface area contributed by atoms with Crippen molar-refractivity contribution in [2.24, 2.45) is 5.41 Å². The summed E-state index contributed by atoms with van der Waals surface area (Å²) in [6.07, 6.45) is 7.03. The van der Waals surface area contributed by atoms with Crippen LogP contribution in [0.4, 0.5) is 0 Å². The highest BCUT2D eigenvalue weighted by molar-refractivity contribution is 4.87. The molecule has 0 aromatic heterocycles. The second-order valence-corrected chi connectivity index (χ2v) is 5.75. The molecular weight excluding hydrogens is 184 g/mol. The van der Waals surface area contributed by atoms with E-state index in [1.54, 1.807) is 0 Å². The molecular formula is C13H26N2. The molecule has 0 unspecified atom stereocenters. The molecule has 0 radical (unpaired) electrons. The highest BCUT2D eigenvalue weighted by Gasteiger charge is 2.32. The first kappa shape index (κ1) is 11.4. The quantitative estimate of drug-likeness (QED) is 0.765. The van der Waals surface area contributed by atoms with Crippen molar-refractivity contribution in [3.05, 3.63) is 0 Å². The van der Waals surface area contributed by atoms with Crippen molar-refractivity contribution in [2.45, 2.75) is 52.0 Å². The number of hydrogen-bond donors (Lipinski definition) is 1. The van der Waals surface area contributed by atoms with E-state index in [4.69, 9.17) is 0 Å². The van der Waals surface area contributed by atoms with Gasteiger partial charge in [-0.05, 0) is 50.7 Å². The van der Waals surface area contributed by atoms with E-state index in [1.807, 2.05) is 0 Å². The van der Waals surface area contributed by atoms with Crippen LogP contribution in [0.25, 0.3) is 0 Å². The van der Waals surface area contributed by atoms with Gasteiger partial charge in [0.2, 0.25) is 0 Å². The molecule has 2 aliphatic rings. The Hall–Kier alpha value is -0.0800. The summed E-state index contributed by atoms with van der Waals surface area (Å²) in [7, 11) is 0. The van der Waals surface area contributed by atoms with Gasteiger partial charge in [-0.25, -0.2) is 0 Å². The maximum absolute atomic E-state index is 3.78. The van der Waals surface area contributed by atoms with Gasteiger partial charge in [0.15, 0.2) is 0 Å². The molecule has 0 aromatic carbocycles. The maximum atomic E-state index is 3.78. The fraction of sp³-hybridized carbons (Fsp3) is 1.00. The topological polar surface area (TPSA) is 15.3 Å². The average molecular weight is 210 g/mol. The SMILES string of the molecule is CCN1CCC(NCC2(C)CCC2)CC1. The molecule has 0 bridgehead atoms. The van der Waals surface area contributed by atoms with Crippen molar-refractivity contribution >= 4 is 0 Å². The molecule has 0 spiro atoms. The predicted octanol–water partition coefficient (Wildman–Crippen LogP) is 2.25. The molecule has 2 rings (SSSR count). The van der Waals surface area contributed by atoms with Crippen LogP contribution in [-0.4, -0.2) is 37.1 Å². The Bertz CT molecular complexity index is 191. The summed E-state index contributed by atoms with van der Waals surface area (Å²) in [5, 5.41) is 3.78. The number of rotatable bonds is 4. The Morgan fingerprint density at radius 1 is 1.27 bits per heavy atom. The minimum absolute atomic E-state index is 0.641. The Balaban J connectivity index is 1.64. The van der Waals surface area contributed by atoms with Crippen LogP contribution in [0.2, 0.25) is 0 Å². The fourth-order valence-corrected chi connectivity index (χ4v) is 2.80. The van der Waals surface area contributed by atoms with Crippen LogP contribution < -0.4 is 5.32 Å². The number of nitrogens with one attached hydrogen (secondary N) is 1. The molecule has 1 aliphatic heterocycles. The summed E-state index contributed by atoms with van der Waals surface area (Å²) >= 11 is 0. The van der Waals surface area contributed by atoms with Gasteiger partial charge in [-0.15, -0.1) is 0 Å². The molecule has 1 N–H and O–H groups in total. The van der Waals surface area contributed by atoms with Crippen molar-refractivity contribution in [3.8, 4) is 0 Å². The minimum atomic E-state index is 0.641. The third kappa shape index (κ3) is 2.94. The highest BCUT2D eigenvalue weighted by atomic mass is 15.1. The van der Waals surface area contributed by atoms with E-state index in [1.165, 1.54) is 58.3 Å².